The maximum atomic E-state index is 13.0. The fourth-order valence-electron chi connectivity index (χ4n) is 5.20. The molecule has 0 radical (unpaired) electrons. The zero-order chi connectivity index (χ0) is 32.7. The second-order valence-corrected chi connectivity index (χ2v) is 10.6. The minimum Gasteiger partial charge on any atom is -0.507 e. The number of aromatic hydroxyl groups is 2. The van der Waals surface area contributed by atoms with Crippen molar-refractivity contribution in [3.63, 3.8) is 0 Å². The highest BCUT2D eigenvalue weighted by Gasteiger charge is 2.51. The Kier molecular flexibility index (Phi) is 9.41. The number of aliphatic hydroxyl groups excluding tert-OH is 6. The van der Waals surface area contributed by atoms with Crippen LogP contribution in [0.15, 0.2) is 39.5 Å². The average Bonchev–Trinajstić information content (AvgIpc) is 3.01. The van der Waals surface area contributed by atoms with Gasteiger partial charge in [0.05, 0.1) is 26.9 Å². The number of phenolic OH excluding ortho intramolecular Hbond substituents is 2. The van der Waals surface area contributed by atoms with E-state index in [1.807, 2.05) is 0 Å². The molecule has 5 rings (SSSR count). The summed E-state index contributed by atoms with van der Waals surface area (Å²) < 4.78 is 38.9. The monoisotopic (exact) mass is 638 g/mol. The van der Waals surface area contributed by atoms with E-state index >= 15 is 0 Å². The van der Waals surface area contributed by atoms with Gasteiger partial charge < -0.3 is 73.7 Å². The van der Waals surface area contributed by atoms with Crippen LogP contribution in [-0.4, -0.2) is 123 Å². The Labute approximate surface area is 254 Å². The van der Waals surface area contributed by atoms with E-state index in [0.29, 0.717) is 0 Å². The third-order valence-electron chi connectivity index (χ3n) is 7.72. The highest BCUT2D eigenvalue weighted by Crippen LogP contribution is 2.41. The van der Waals surface area contributed by atoms with Crippen LogP contribution in [0.25, 0.3) is 22.3 Å². The molecule has 2 aromatic carbocycles. The van der Waals surface area contributed by atoms with Crippen molar-refractivity contribution in [2.75, 3.05) is 20.8 Å². The van der Waals surface area contributed by atoms with Gasteiger partial charge in [-0.15, -0.1) is 0 Å². The molecular weight excluding hydrogens is 604 g/mol. The number of methoxy groups -OCH3 is 2. The number of benzene rings is 2. The Hall–Kier alpha value is -3.71. The molecule has 10 unspecified atom stereocenters. The highest BCUT2D eigenvalue weighted by atomic mass is 16.8. The highest BCUT2D eigenvalue weighted by molar-refractivity contribution is 5.86. The van der Waals surface area contributed by atoms with E-state index < -0.39 is 79.2 Å². The second-order valence-electron chi connectivity index (χ2n) is 10.6. The summed E-state index contributed by atoms with van der Waals surface area (Å²) in [5.41, 5.74) is -0.498. The number of hydrogen-bond donors (Lipinski definition) is 8. The fourth-order valence-corrected chi connectivity index (χ4v) is 5.20. The summed E-state index contributed by atoms with van der Waals surface area (Å²) >= 11 is 0. The Morgan fingerprint density at radius 2 is 1.47 bits per heavy atom. The first-order valence-corrected chi connectivity index (χ1v) is 13.8. The van der Waals surface area contributed by atoms with Gasteiger partial charge in [0, 0.05) is 23.8 Å². The molecule has 16 heteroatoms. The van der Waals surface area contributed by atoms with Crippen molar-refractivity contribution < 1.29 is 73.7 Å². The molecule has 2 saturated heterocycles. The molecule has 3 aromatic rings. The van der Waals surface area contributed by atoms with Gasteiger partial charge in [-0.1, -0.05) is 0 Å². The van der Waals surface area contributed by atoms with E-state index in [-0.39, 0.29) is 45.3 Å². The molecule has 45 heavy (non-hydrogen) atoms. The van der Waals surface area contributed by atoms with E-state index in [0.717, 1.165) is 12.1 Å². The van der Waals surface area contributed by atoms with E-state index in [1.54, 1.807) is 0 Å². The first kappa shape index (κ1) is 32.7. The summed E-state index contributed by atoms with van der Waals surface area (Å²) in [6.07, 6.45) is -15.6. The predicted octanol–water partition coefficient (Wildman–Crippen LogP) is -1.08. The lowest BCUT2D eigenvalue weighted by molar-refractivity contribution is -0.354. The van der Waals surface area contributed by atoms with Crippen LogP contribution in [-0.2, 0) is 14.2 Å². The number of ether oxygens (including phenoxy) is 6. The van der Waals surface area contributed by atoms with Gasteiger partial charge in [-0.05, 0) is 19.1 Å². The summed E-state index contributed by atoms with van der Waals surface area (Å²) in [6, 6.07) is 6.22. The third-order valence-corrected chi connectivity index (χ3v) is 7.72. The molecule has 2 aliphatic rings. The topological polar surface area (TPSA) is 247 Å². The van der Waals surface area contributed by atoms with Gasteiger partial charge in [0.2, 0.25) is 12.0 Å². The van der Waals surface area contributed by atoms with Gasteiger partial charge in [-0.25, -0.2) is 0 Å². The number of aliphatic hydroxyl groups is 6. The summed E-state index contributed by atoms with van der Waals surface area (Å²) in [5.74, 6) is -0.912. The van der Waals surface area contributed by atoms with Gasteiger partial charge in [-0.2, -0.15) is 0 Å². The minimum atomic E-state index is -1.78. The molecule has 0 aliphatic carbocycles. The van der Waals surface area contributed by atoms with Gasteiger partial charge in [-0.3, -0.25) is 4.79 Å². The Morgan fingerprint density at radius 1 is 0.800 bits per heavy atom. The molecule has 8 N–H and O–H groups in total. The fraction of sp³-hybridized carbons (Fsp3) is 0.483. The van der Waals surface area contributed by atoms with Crippen molar-refractivity contribution in [3.8, 4) is 40.1 Å². The minimum absolute atomic E-state index is 0.00738. The molecule has 0 saturated carbocycles. The first-order valence-electron chi connectivity index (χ1n) is 13.8. The first-order chi connectivity index (χ1) is 21.4. The molecule has 2 aliphatic heterocycles. The molecule has 1 aromatic heterocycles. The summed E-state index contributed by atoms with van der Waals surface area (Å²) in [6.45, 7) is 0.675. The van der Waals surface area contributed by atoms with Gasteiger partial charge in [0.1, 0.15) is 64.9 Å². The van der Waals surface area contributed by atoms with Crippen molar-refractivity contribution in [2.45, 2.75) is 68.3 Å². The Morgan fingerprint density at radius 3 is 2.09 bits per heavy atom. The third kappa shape index (κ3) is 6.11. The largest absolute Gasteiger partial charge is 0.507 e. The number of fused-ring (bicyclic) bond motifs is 1. The average molecular weight is 639 g/mol. The maximum Gasteiger partial charge on any atom is 0.229 e. The predicted molar refractivity (Wildman–Crippen MR) is 150 cm³/mol. The summed E-state index contributed by atoms with van der Waals surface area (Å²) in [7, 11) is 2.65. The van der Waals surface area contributed by atoms with Crippen LogP contribution in [0.3, 0.4) is 0 Å². The lowest BCUT2D eigenvalue weighted by Crippen LogP contribution is -2.64. The Balaban J connectivity index is 1.50. The zero-order valence-corrected chi connectivity index (χ0v) is 24.2. The summed E-state index contributed by atoms with van der Waals surface area (Å²) in [5, 5.41) is 82.5. The number of rotatable bonds is 8. The zero-order valence-electron chi connectivity index (χ0n) is 24.2. The molecule has 16 nitrogen and oxygen atoms in total. The SMILES string of the molecule is COc1cc(-c2cc(=O)c3c(O)cc(OC4OC(CO)C(O)C(O)C4OC4OC(C)C(O)C(O)C4O)cc3o2)cc(OC)c1O. The van der Waals surface area contributed by atoms with Crippen molar-refractivity contribution in [2.24, 2.45) is 0 Å². The quantitative estimate of drug-likeness (QED) is 0.146. The van der Waals surface area contributed by atoms with Crippen molar-refractivity contribution in [3.05, 3.63) is 40.6 Å². The van der Waals surface area contributed by atoms with Crippen molar-refractivity contribution in [1.29, 1.82) is 0 Å². The molecule has 246 valence electrons. The molecule has 3 heterocycles. The lowest BCUT2D eigenvalue weighted by atomic mass is 9.97. The van der Waals surface area contributed by atoms with Crippen LogP contribution in [0.1, 0.15) is 6.92 Å². The molecule has 2 fully saturated rings. The van der Waals surface area contributed by atoms with Gasteiger partial charge in [0.25, 0.3) is 0 Å². The summed E-state index contributed by atoms with van der Waals surface area (Å²) in [4.78, 5) is 13.0. The normalized spacial score (nSPS) is 31.9. The molecular formula is C29H34O16. The van der Waals surface area contributed by atoms with Crippen LogP contribution < -0.4 is 19.6 Å². The van der Waals surface area contributed by atoms with E-state index in [2.05, 4.69) is 0 Å². The molecule has 0 spiro atoms. The molecule has 0 bridgehead atoms. The van der Waals surface area contributed by atoms with Crippen LogP contribution in [0.2, 0.25) is 0 Å². The van der Waals surface area contributed by atoms with Crippen LogP contribution in [0, 0.1) is 0 Å². The standard InChI is InChI=1S/C29H34O16/c1-10-21(33)24(36)26(38)28(41-10)45-27-25(37)23(35)19(9-30)44-29(27)42-12-6-13(31)20-14(32)8-15(43-16(20)7-12)11-4-17(39-2)22(34)18(5-11)40-3/h4-8,10,19,21,23-31,33-38H,9H2,1-3H3. The van der Waals surface area contributed by atoms with Crippen molar-refractivity contribution in [1.82, 2.24) is 0 Å². The molecule has 0 amide bonds. The van der Waals surface area contributed by atoms with E-state index in [1.165, 1.54) is 39.3 Å². The van der Waals surface area contributed by atoms with Crippen LogP contribution >= 0.6 is 0 Å². The van der Waals surface area contributed by atoms with E-state index in [9.17, 15) is 45.6 Å². The Bertz CT molecular complexity index is 1550. The number of phenols is 2. The van der Waals surface area contributed by atoms with Crippen LogP contribution in [0.4, 0.5) is 0 Å². The lowest BCUT2D eigenvalue weighted by Gasteiger charge is -2.45. The van der Waals surface area contributed by atoms with E-state index in [4.69, 9.17) is 32.8 Å². The second kappa shape index (κ2) is 13.0. The van der Waals surface area contributed by atoms with Gasteiger partial charge >= 0.3 is 0 Å². The smallest absolute Gasteiger partial charge is 0.229 e. The van der Waals surface area contributed by atoms with Gasteiger partial charge in [0.15, 0.2) is 29.3 Å². The number of hydrogen-bond acceptors (Lipinski definition) is 16. The van der Waals surface area contributed by atoms with Crippen LogP contribution in [0.5, 0.6) is 28.7 Å². The van der Waals surface area contributed by atoms with Crippen molar-refractivity contribution >= 4 is 11.0 Å². The maximum absolute atomic E-state index is 13.0. The molecule has 10 atom stereocenters.